The normalized spacial score (nSPS) is 12.6. The van der Waals surface area contributed by atoms with Crippen LogP contribution in [0.4, 0.5) is 5.95 Å². The summed E-state index contributed by atoms with van der Waals surface area (Å²) >= 11 is 0. The molecule has 20 heavy (non-hydrogen) atoms. The molecule has 6 heteroatoms. The maximum absolute atomic E-state index is 5.86. The highest BCUT2D eigenvalue weighted by molar-refractivity contribution is 5.80. The van der Waals surface area contributed by atoms with Gasteiger partial charge < -0.3 is 10.1 Å². The van der Waals surface area contributed by atoms with Crippen molar-refractivity contribution in [3.63, 3.8) is 0 Å². The summed E-state index contributed by atoms with van der Waals surface area (Å²) in [5.41, 5.74) is 0.705. The molecule has 1 atom stereocenters. The van der Waals surface area contributed by atoms with E-state index in [1.54, 1.807) is 6.20 Å². The van der Waals surface area contributed by atoms with Gasteiger partial charge in [0, 0.05) is 6.54 Å². The first-order valence-corrected chi connectivity index (χ1v) is 7.32. The molecule has 0 saturated heterocycles. The second-order valence-electron chi connectivity index (χ2n) is 5.12. The number of aromatic nitrogens is 4. The van der Waals surface area contributed by atoms with Crippen molar-refractivity contribution in [2.45, 2.75) is 40.0 Å². The fourth-order valence-electron chi connectivity index (χ4n) is 2.03. The fraction of sp³-hybridized carbons (Fsp3) is 0.643. The molecule has 2 heterocycles. The Bertz CT molecular complexity index is 539. The zero-order chi connectivity index (χ0) is 14.4. The van der Waals surface area contributed by atoms with Crippen molar-refractivity contribution in [1.29, 1.82) is 0 Å². The van der Waals surface area contributed by atoms with Crippen LogP contribution in [-0.4, -0.2) is 33.3 Å². The summed E-state index contributed by atoms with van der Waals surface area (Å²) in [6, 6.07) is 0. The third kappa shape index (κ3) is 3.59. The quantitative estimate of drug-likeness (QED) is 0.775. The van der Waals surface area contributed by atoms with Gasteiger partial charge in [-0.25, -0.2) is 0 Å². The largest absolute Gasteiger partial charge is 0.477 e. The number of ether oxygens (including phenoxy) is 1. The summed E-state index contributed by atoms with van der Waals surface area (Å²) in [6.07, 6.45) is 5.05. The molecule has 2 aromatic heterocycles. The first kappa shape index (κ1) is 14.6. The van der Waals surface area contributed by atoms with Gasteiger partial charge in [0.25, 0.3) is 0 Å². The van der Waals surface area contributed by atoms with Crippen molar-refractivity contribution in [3.8, 4) is 5.88 Å². The van der Waals surface area contributed by atoms with Gasteiger partial charge in [0.1, 0.15) is 5.39 Å². The predicted molar refractivity (Wildman–Crippen MR) is 80.0 cm³/mol. The van der Waals surface area contributed by atoms with Gasteiger partial charge in [-0.05, 0) is 18.8 Å². The molecule has 2 aromatic rings. The van der Waals surface area contributed by atoms with E-state index in [-0.39, 0.29) is 0 Å². The Balaban J connectivity index is 2.14. The average molecular weight is 277 g/mol. The summed E-state index contributed by atoms with van der Waals surface area (Å²) < 4.78 is 5.86. The molecule has 2 rings (SSSR count). The van der Waals surface area contributed by atoms with Gasteiger partial charge in [-0.1, -0.05) is 27.2 Å². The van der Waals surface area contributed by atoms with Gasteiger partial charge in [0.15, 0.2) is 5.65 Å². The minimum absolute atomic E-state index is 0.518. The monoisotopic (exact) mass is 277 g/mol. The van der Waals surface area contributed by atoms with Crippen molar-refractivity contribution in [2.75, 3.05) is 18.5 Å². The Labute approximate surface area is 119 Å². The number of aromatic amines is 1. The van der Waals surface area contributed by atoms with Crippen LogP contribution in [0.3, 0.4) is 0 Å². The molecule has 1 unspecified atom stereocenters. The van der Waals surface area contributed by atoms with Gasteiger partial charge in [0.05, 0.1) is 12.8 Å². The van der Waals surface area contributed by atoms with E-state index in [1.165, 1.54) is 6.42 Å². The molecule has 0 amide bonds. The van der Waals surface area contributed by atoms with E-state index in [0.717, 1.165) is 24.8 Å². The maximum atomic E-state index is 5.86. The molecule has 0 aliphatic heterocycles. The van der Waals surface area contributed by atoms with Crippen LogP contribution in [0, 0.1) is 5.92 Å². The lowest BCUT2D eigenvalue weighted by molar-refractivity contribution is 0.246. The fourth-order valence-corrected chi connectivity index (χ4v) is 2.03. The number of fused-ring (bicyclic) bond motifs is 1. The van der Waals surface area contributed by atoms with Gasteiger partial charge in [-0.3, -0.25) is 5.10 Å². The van der Waals surface area contributed by atoms with Crippen LogP contribution >= 0.6 is 0 Å². The molecule has 0 radical (unpaired) electrons. The van der Waals surface area contributed by atoms with Gasteiger partial charge in [0.2, 0.25) is 11.8 Å². The minimum Gasteiger partial charge on any atom is -0.477 e. The maximum Gasteiger partial charge on any atom is 0.229 e. The van der Waals surface area contributed by atoms with Crippen LogP contribution in [0.15, 0.2) is 6.20 Å². The lowest BCUT2D eigenvalue weighted by Crippen LogP contribution is -2.11. The summed E-state index contributed by atoms with van der Waals surface area (Å²) in [6.45, 7) is 7.98. The van der Waals surface area contributed by atoms with Crippen molar-refractivity contribution in [3.05, 3.63) is 6.20 Å². The molecule has 0 aliphatic rings. The number of H-pyrrole nitrogens is 1. The van der Waals surface area contributed by atoms with Crippen LogP contribution in [0.25, 0.3) is 11.0 Å². The van der Waals surface area contributed by atoms with E-state index in [2.05, 4.69) is 46.3 Å². The van der Waals surface area contributed by atoms with E-state index in [0.29, 0.717) is 30.0 Å². The molecule has 0 aliphatic carbocycles. The number of rotatable bonds is 8. The molecule has 0 aromatic carbocycles. The molecule has 0 fully saturated rings. The van der Waals surface area contributed by atoms with Crippen molar-refractivity contribution in [2.24, 2.45) is 5.92 Å². The van der Waals surface area contributed by atoms with E-state index in [9.17, 15) is 0 Å². The van der Waals surface area contributed by atoms with Crippen LogP contribution in [0.2, 0.25) is 0 Å². The molecular formula is C14H23N5O. The summed E-state index contributed by atoms with van der Waals surface area (Å²) in [5.74, 6) is 1.70. The molecule has 0 spiro atoms. The minimum atomic E-state index is 0.518. The third-order valence-corrected chi connectivity index (χ3v) is 3.09. The molecule has 6 nitrogen and oxygen atoms in total. The van der Waals surface area contributed by atoms with Gasteiger partial charge in [-0.2, -0.15) is 15.1 Å². The Kier molecular flexibility index (Phi) is 5.15. The number of nitrogens with one attached hydrogen (secondary N) is 2. The highest BCUT2D eigenvalue weighted by Crippen LogP contribution is 2.23. The lowest BCUT2D eigenvalue weighted by atomic mass is 10.1. The Morgan fingerprint density at radius 2 is 2.15 bits per heavy atom. The van der Waals surface area contributed by atoms with E-state index in [4.69, 9.17) is 4.74 Å². The molecule has 2 N–H and O–H groups in total. The number of anilines is 1. The highest BCUT2D eigenvalue weighted by atomic mass is 16.5. The summed E-state index contributed by atoms with van der Waals surface area (Å²) in [5, 5.41) is 10.9. The lowest BCUT2D eigenvalue weighted by Gasteiger charge is -2.12. The molecule has 0 bridgehead atoms. The second-order valence-corrected chi connectivity index (χ2v) is 5.12. The van der Waals surface area contributed by atoms with Gasteiger partial charge >= 0.3 is 0 Å². The summed E-state index contributed by atoms with van der Waals surface area (Å²) in [4.78, 5) is 8.81. The Morgan fingerprint density at radius 3 is 2.90 bits per heavy atom. The van der Waals surface area contributed by atoms with Crippen molar-refractivity contribution < 1.29 is 4.74 Å². The van der Waals surface area contributed by atoms with Crippen LogP contribution in [0.5, 0.6) is 5.88 Å². The smallest absolute Gasteiger partial charge is 0.229 e. The summed E-state index contributed by atoms with van der Waals surface area (Å²) in [7, 11) is 0. The number of hydrogen-bond acceptors (Lipinski definition) is 5. The molecular weight excluding hydrogens is 254 g/mol. The Morgan fingerprint density at radius 1 is 1.30 bits per heavy atom. The standard InChI is InChI=1S/C14H23N5O/c1-4-6-10(3)9-20-13-11-8-16-19-12(11)17-14(18-13)15-7-5-2/h8,10H,4-7,9H2,1-3H3,(H2,15,16,17,18,19). The third-order valence-electron chi connectivity index (χ3n) is 3.09. The van der Waals surface area contributed by atoms with Gasteiger partial charge in [-0.15, -0.1) is 0 Å². The SMILES string of the molecule is CCCNc1nc(OCC(C)CCC)c2cn[nH]c2n1. The molecule has 0 saturated carbocycles. The predicted octanol–water partition coefficient (Wildman–Crippen LogP) is 2.99. The van der Waals surface area contributed by atoms with Crippen LogP contribution < -0.4 is 10.1 Å². The van der Waals surface area contributed by atoms with Crippen LogP contribution in [0.1, 0.15) is 40.0 Å². The molecule has 110 valence electrons. The van der Waals surface area contributed by atoms with Crippen molar-refractivity contribution >= 4 is 17.0 Å². The number of hydrogen-bond donors (Lipinski definition) is 2. The number of nitrogens with zero attached hydrogens (tertiary/aromatic N) is 3. The second kappa shape index (κ2) is 7.07. The van der Waals surface area contributed by atoms with E-state index in [1.807, 2.05) is 0 Å². The van der Waals surface area contributed by atoms with E-state index < -0.39 is 0 Å². The van der Waals surface area contributed by atoms with Crippen molar-refractivity contribution in [1.82, 2.24) is 20.2 Å². The first-order chi connectivity index (χ1) is 9.74. The zero-order valence-electron chi connectivity index (χ0n) is 12.4. The van der Waals surface area contributed by atoms with Crippen LogP contribution in [-0.2, 0) is 0 Å². The Hall–Kier alpha value is -1.85. The zero-order valence-corrected chi connectivity index (χ0v) is 12.4. The highest BCUT2D eigenvalue weighted by Gasteiger charge is 2.12. The average Bonchev–Trinajstić information content (AvgIpc) is 2.91. The first-order valence-electron chi connectivity index (χ1n) is 7.32. The van der Waals surface area contributed by atoms with E-state index >= 15 is 0 Å². The topological polar surface area (TPSA) is 75.7 Å².